The smallest absolute Gasteiger partial charge is 0.178 e. The number of benzene rings is 1. The molecule has 1 aromatic heterocycles. The summed E-state index contributed by atoms with van der Waals surface area (Å²) in [7, 11) is 1.62. The van der Waals surface area contributed by atoms with Crippen LogP contribution in [0.3, 0.4) is 0 Å². The van der Waals surface area contributed by atoms with Gasteiger partial charge in [-0.05, 0) is 23.6 Å². The van der Waals surface area contributed by atoms with Crippen LogP contribution in [-0.4, -0.2) is 17.9 Å². The maximum atomic E-state index is 11.1. The van der Waals surface area contributed by atoms with Crippen LogP contribution < -0.4 is 4.74 Å². The van der Waals surface area contributed by atoms with Gasteiger partial charge in [0.15, 0.2) is 5.78 Å². The van der Waals surface area contributed by atoms with E-state index in [0.717, 1.165) is 16.5 Å². The number of rotatable bonds is 2. The number of carbonyl (C=O) groups is 1. The molecule has 0 bridgehead atoms. The number of carbonyl (C=O) groups excluding carboxylic acids is 1. The predicted octanol–water partition coefficient (Wildman–Crippen LogP) is 2.45. The highest BCUT2D eigenvalue weighted by atomic mass is 16.5. The number of hydrogen-bond acceptors (Lipinski definition) is 3. The van der Waals surface area contributed by atoms with Gasteiger partial charge in [0.2, 0.25) is 0 Å². The van der Waals surface area contributed by atoms with Crippen molar-refractivity contribution in [3.63, 3.8) is 0 Å². The fraction of sp³-hybridized carbons (Fsp3) is 0.167. The molecule has 1 heterocycles. The van der Waals surface area contributed by atoms with E-state index in [1.807, 2.05) is 18.2 Å². The lowest BCUT2D eigenvalue weighted by Gasteiger charge is -2.02. The van der Waals surface area contributed by atoms with Crippen LogP contribution in [0.5, 0.6) is 5.75 Å². The van der Waals surface area contributed by atoms with Gasteiger partial charge in [-0.25, -0.2) is 0 Å². The number of ketones is 1. The summed E-state index contributed by atoms with van der Waals surface area (Å²) in [6.45, 7) is 1.51. The molecular weight excluding hydrogens is 190 g/mol. The van der Waals surface area contributed by atoms with Crippen LogP contribution in [0.4, 0.5) is 0 Å². The Morgan fingerprint density at radius 3 is 2.73 bits per heavy atom. The van der Waals surface area contributed by atoms with Crippen molar-refractivity contribution in [1.29, 1.82) is 0 Å². The monoisotopic (exact) mass is 201 g/mol. The molecule has 0 saturated heterocycles. The van der Waals surface area contributed by atoms with Gasteiger partial charge in [0, 0.05) is 18.5 Å². The molecule has 0 aliphatic heterocycles. The minimum atomic E-state index is -0.0206. The molecule has 0 aliphatic rings. The van der Waals surface area contributed by atoms with Gasteiger partial charge in [-0.1, -0.05) is 6.07 Å². The molecule has 0 amide bonds. The number of Topliss-reactive ketones (excluding diaryl/α,β-unsaturated/α-hetero) is 1. The first-order chi connectivity index (χ1) is 7.20. The highest BCUT2D eigenvalue weighted by Gasteiger charge is 2.03. The molecule has 76 valence electrons. The van der Waals surface area contributed by atoms with E-state index in [4.69, 9.17) is 4.74 Å². The van der Waals surface area contributed by atoms with Crippen molar-refractivity contribution >= 4 is 16.6 Å². The van der Waals surface area contributed by atoms with Gasteiger partial charge < -0.3 is 4.74 Å². The molecule has 0 unspecified atom stereocenters. The van der Waals surface area contributed by atoms with E-state index in [1.165, 1.54) is 6.92 Å². The fourth-order valence-corrected chi connectivity index (χ4v) is 1.44. The summed E-state index contributed by atoms with van der Waals surface area (Å²) in [4.78, 5) is 15.2. The molecule has 2 rings (SSSR count). The zero-order chi connectivity index (χ0) is 10.8. The Bertz CT molecular complexity index is 520. The molecule has 1 aromatic carbocycles. The van der Waals surface area contributed by atoms with Crippen molar-refractivity contribution in [1.82, 2.24) is 4.98 Å². The largest absolute Gasteiger partial charge is 0.497 e. The predicted molar refractivity (Wildman–Crippen MR) is 58.3 cm³/mol. The SMILES string of the molecule is COc1ccc2cc(C(C)=O)ncc2c1. The Kier molecular flexibility index (Phi) is 2.37. The number of aromatic nitrogens is 1. The second-order valence-electron chi connectivity index (χ2n) is 3.34. The number of ether oxygens (including phenoxy) is 1. The van der Waals surface area contributed by atoms with Gasteiger partial charge in [0.05, 0.1) is 7.11 Å². The van der Waals surface area contributed by atoms with Crippen LogP contribution in [0, 0.1) is 0 Å². The average Bonchev–Trinajstić information content (AvgIpc) is 2.27. The Morgan fingerprint density at radius 2 is 2.07 bits per heavy atom. The first-order valence-electron chi connectivity index (χ1n) is 4.65. The van der Waals surface area contributed by atoms with Crippen LogP contribution >= 0.6 is 0 Å². The Labute approximate surface area is 87.7 Å². The van der Waals surface area contributed by atoms with E-state index in [-0.39, 0.29) is 5.78 Å². The lowest BCUT2D eigenvalue weighted by Crippen LogP contribution is -1.95. The van der Waals surface area contributed by atoms with Gasteiger partial charge in [-0.3, -0.25) is 9.78 Å². The van der Waals surface area contributed by atoms with Gasteiger partial charge in [0.1, 0.15) is 11.4 Å². The third kappa shape index (κ3) is 1.81. The minimum Gasteiger partial charge on any atom is -0.497 e. The lowest BCUT2D eigenvalue weighted by molar-refractivity contribution is 0.101. The standard InChI is InChI=1S/C12H11NO2/c1-8(14)12-6-9-3-4-11(15-2)5-10(9)7-13-12/h3-7H,1-2H3. The third-order valence-electron chi connectivity index (χ3n) is 2.29. The average molecular weight is 201 g/mol. The second kappa shape index (κ2) is 3.69. The van der Waals surface area contributed by atoms with Crippen molar-refractivity contribution in [3.8, 4) is 5.75 Å². The van der Waals surface area contributed by atoms with Gasteiger partial charge >= 0.3 is 0 Å². The molecule has 0 saturated carbocycles. The number of methoxy groups -OCH3 is 1. The number of nitrogens with zero attached hydrogens (tertiary/aromatic N) is 1. The Balaban J connectivity index is 2.59. The minimum absolute atomic E-state index is 0.0206. The first-order valence-corrected chi connectivity index (χ1v) is 4.65. The molecule has 0 aliphatic carbocycles. The van der Waals surface area contributed by atoms with Gasteiger partial charge in [-0.2, -0.15) is 0 Å². The number of hydrogen-bond donors (Lipinski definition) is 0. The molecule has 0 fully saturated rings. The van der Waals surface area contributed by atoms with Gasteiger partial charge in [0.25, 0.3) is 0 Å². The quantitative estimate of drug-likeness (QED) is 0.700. The van der Waals surface area contributed by atoms with Crippen molar-refractivity contribution in [3.05, 3.63) is 36.2 Å². The summed E-state index contributed by atoms with van der Waals surface area (Å²) in [6, 6.07) is 7.47. The lowest BCUT2D eigenvalue weighted by atomic mass is 10.1. The van der Waals surface area contributed by atoms with Crippen molar-refractivity contribution in [2.75, 3.05) is 7.11 Å². The van der Waals surface area contributed by atoms with Crippen molar-refractivity contribution in [2.24, 2.45) is 0 Å². The highest BCUT2D eigenvalue weighted by molar-refractivity contribution is 5.96. The summed E-state index contributed by atoms with van der Waals surface area (Å²) >= 11 is 0. The molecule has 2 aromatic rings. The van der Waals surface area contributed by atoms with E-state index in [9.17, 15) is 4.79 Å². The molecule has 3 nitrogen and oxygen atoms in total. The molecule has 15 heavy (non-hydrogen) atoms. The molecule has 0 spiro atoms. The number of pyridine rings is 1. The number of fused-ring (bicyclic) bond motifs is 1. The maximum Gasteiger partial charge on any atom is 0.178 e. The van der Waals surface area contributed by atoms with Crippen LogP contribution in [0.25, 0.3) is 10.8 Å². The summed E-state index contributed by atoms with van der Waals surface area (Å²) in [5.41, 5.74) is 0.493. The fourth-order valence-electron chi connectivity index (χ4n) is 1.44. The third-order valence-corrected chi connectivity index (χ3v) is 2.29. The van der Waals surface area contributed by atoms with Crippen molar-refractivity contribution in [2.45, 2.75) is 6.92 Å². The van der Waals surface area contributed by atoms with E-state index < -0.39 is 0 Å². The van der Waals surface area contributed by atoms with Crippen LogP contribution in [0.1, 0.15) is 17.4 Å². The summed E-state index contributed by atoms with van der Waals surface area (Å²) < 4.78 is 5.11. The van der Waals surface area contributed by atoms with E-state index in [1.54, 1.807) is 19.4 Å². The van der Waals surface area contributed by atoms with Crippen LogP contribution in [0.2, 0.25) is 0 Å². The van der Waals surface area contributed by atoms with Crippen LogP contribution in [0.15, 0.2) is 30.5 Å². The molecule has 3 heteroatoms. The Morgan fingerprint density at radius 1 is 1.27 bits per heavy atom. The highest BCUT2D eigenvalue weighted by Crippen LogP contribution is 2.20. The molecule has 0 atom stereocenters. The normalized spacial score (nSPS) is 10.3. The topological polar surface area (TPSA) is 39.2 Å². The Hall–Kier alpha value is -1.90. The maximum absolute atomic E-state index is 11.1. The molecular formula is C12H11NO2. The summed E-state index contributed by atoms with van der Waals surface area (Å²) in [5, 5.41) is 1.97. The summed E-state index contributed by atoms with van der Waals surface area (Å²) in [5.74, 6) is 0.771. The van der Waals surface area contributed by atoms with Crippen molar-refractivity contribution < 1.29 is 9.53 Å². The van der Waals surface area contributed by atoms with E-state index in [0.29, 0.717) is 5.69 Å². The zero-order valence-corrected chi connectivity index (χ0v) is 8.65. The second-order valence-corrected chi connectivity index (χ2v) is 3.34. The zero-order valence-electron chi connectivity index (χ0n) is 8.65. The summed E-state index contributed by atoms with van der Waals surface area (Å²) in [6.07, 6.45) is 1.69. The van der Waals surface area contributed by atoms with Crippen LogP contribution in [-0.2, 0) is 0 Å². The van der Waals surface area contributed by atoms with E-state index >= 15 is 0 Å². The molecule has 0 radical (unpaired) electrons. The van der Waals surface area contributed by atoms with Gasteiger partial charge in [-0.15, -0.1) is 0 Å². The first kappa shape index (κ1) is 9.65. The molecule has 0 N–H and O–H groups in total. The van der Waals surface area contributed by atoms with E-state index in [2.05, 4.69) is 4.98 Å².